The number of benzene rings is 2. The summed E-state index contributed by atoms with van der Waals surface area (Å²) in [5.41, 5.74) is 11.4. The van der Waals surface area contributed by atoms with Gasteiger partial charge in [-0.2, -0.15) is 24.7 Å². The van der Waals surface area contributed by atoms with Gasteiger partial charge in [0.2, 0.25) is 11.9 Å². The zero-order chi connectivity index (χ0) is 27.8. The van der Waals surface area contributed by atoms with Gasteiger partial charge in [0, 0.05) is 55.4 Å². The number of hydrogen-bond acceptors (Lipinski definition) is 8. The fraction of sp³-hybridized carbons (Fsp3) is 0.345. The Balaban J connectivity index is 1.33. The van der Waals surface area contributed by atoms with Crippen molar-refractivity contribution in [2.45, 2.75) is 45.2 Å². The molecule has 0 atom stereocenters. The molecule has 2 aromatic carbocycles. The van der Waals surface area contributed by atoms with E-state index in [0.717, 1.165) is 59.3 Å². The highest BCUT2D eigenvalue weighted by atomic mass is 16.1. The van der Waals surface area contributed by atoms with Crippen LogP contribution in [0.2, 0.25) is 0 Å². The van der Waals surface area contributed by atoms with E-state index in [-0.39, 0.29) is 17.9 Å². The molecule has 0 bridgehead atoms. The Labute approximate surface area is 232 Å². The smallest absolute Gasteiger partial charge is 0.251 e. The maximum Gasteiger partial charge on any atom is 0.251 e. The molecule has 0 saturated carbocycles. The molecular weight excluding hydrogens is 504 g/mol. The first kappa shape index (κ1) is 25.8. The SMILES string of the molecule is CNC(=O)c1ccc2nn(-c3ccccc3CNc3nc(N4CCC(N)CC4)nc4c(C(C)C)cnn34)cc2c1. The van der Waals surface area contributed by atoms with Crippen molar-refractivity contribution in [3.05, 3.63) is 71.5 Å². The maximum atomic E-state index is 12.1. The molecule has 1 amide bonds. The van der Waals surface area contributed by atoms with Gasteiger partial charge in [0.05, 0.1) is 17.4 Å². The van der Waals surface area contributed by atoms with Crippen LogP contribution in [0.15, 0.2) is 54.9 Å². The predicted octanol–water partition coefficient (Wildman–Crippen LogP) is 3.49. The van der Waals surface area contributed by atoms with Crippen molar-refractivity contribution in [1.29, 1.82) is 0 Å². The minimum absolute atomic E-state index is 0.124. The van der Waals surface area contributed by atoms with Crippen LogP contribution in [0, 0.1) is 0 Å². The summed E-state index contributed by atoms with van der Waals surface area (Å²) < 4.78 is 3.65. The Morgan fingerprint density at radius 3 is 2.70 bits per heavy atom. The van der Waals surface area contributed by atoms with Crippen LogP contribution in [0.25, 0.3) is 22.2 Å². The molecule has 0 spiro atoms. The van der Waals surface area contributed by atoms with Gasteiger partial charge in [-0.15, -0.1) is 0 Å². The van der Waals surface area contributed by atoms with Gasteiger partial charge in [-0.3, -0.25) is 4.79 Å². The Bertz CT molecular complexity index is 1680. The van der Waals surface area contributed by atoms with E-state index in [0.29, 0.717) is 24.0 Å². The number of carbonyl (C=O) groups is 1. The lowest BCUT2D eigenvalue weighted by atomic mass is 10.1. The maximum absolute atomic E-state index is 12.1. The standard InChI is InChI=1S/C29H34N10O/c1-18(2)23-16-33-39-26(23)34-29(37-12-10-22(30)11-13-37)35-28(39)32-15-20-6-4-5-7-25(20)38-17-21-14-19(27(40)31-3)8-9-24(21)36-38/h4-9,14,16-18,22H,10-13,15,30H2,1-3H3,(H,31,40)(H,32,34,35). The molecule has 5 aromatic rings. The number of para-hydroxylation sites is 1. The quantitative estimate of drug-likeness (QED) is 0.287. The predicted molar refractivity (Wildman–Crippen MR) is 156 cm³/mol. The van der Waals surface area contributed by atoms with E-state index >= 15 is 0 Å². The first-order valence-corrected chi connectivity index (χ1v) is 13.7. The first-order valence-electron chi connectivity index (χ1n) is 13.7. The number of carbonyl (C=O) groups excluding carboxylic acids is 1. The molecule has 1 aliphatic rings. The van der Waals surface area contributed by atoms with Crippen LogP contribution >= 0.6 is 0 Å². The van der Waals surface area contributed by atoms with Crippen molar-refractivity contribution in [2.75, 3.05) is 30.4 Å². The van der Waals surface area contributed by atoms with Crippen LogP contribution < -0.4 is 21.3 Å². The number of rotatable bonds is 7. The van der Waals surface area contributed by atoms with Crippen molar-refractivity contribution in [1.82, 2.24) is 34.7 Å². The van der Waals surface area contributed by atoms with Crippen molar-refractivity contribution < 1.29 is 4.79 Å². The van der Waals surface area contributed by atoms with E-state index < -0.39 is 0 Å². The molecule has 1 saturated heterocycles. The molecule has 0 aliphatic carbocycles. The van der Waals surface area contributed by atoms with E-state index in [2.05, 4.69) is 40.5 Å². The number of anilines is 2. The summed E-state index contributed by atoms with van der Waals surface area (Å²) in [7, 11) is 1.63. The number of hydrogen-bond donors (Lipinski definition) is 3. The summed E-state index contributed by atoms with van der Waals surface area (Å²) in [6.07, 6.45) is 5.67. The zero-order valence-electron chi connectivity index (χ0n) is 23.0. The molecule has 4 N–H and O–H groups in total. The van der Waals surface area contributed by atoms with E-state index in [1.54, 1.807) is 17.6 Å². The lowest BCUT2D eigenvalue weighted by Crippen LogP contribution is -2.40. The highest BCUT2D eigenvalue weighted by Gasteiger charge is 2.22. The lowest BCUT2D eigenvalue weighted by Gasteiger charge is -2.30. The minimum atomic E-state index is -0.124. The van der Waals surface area contributed by atoms with Crippen LogP contribution in [0.4, 0.5) is 11.9 Å². The molecule has 1 aliphatic heterocycles. The lowest BCUT2D eigenvalue weighted by molar-refractivity contribution is 0.0963. The third-order valence-corrected chi connectivity index (χ3v) is 7.50. The number of piperidine rings is 1. The number of nitrogens with zero attached hydrogens (tertiary/aromatic N) is 7. The van der Waals surface area contributed by atoms with Crippen molar-refractivity contribution in [3.8, 4) is 5.69 Å². The largest absolute Gasteiger partial charge is 0.355 e. The topological polar surface area (TPSA) is 131 Å². The zero-order valence-corrected chi connectivity index (χ0v) is 23.0. The Kier molecular flexibility index (Phi) is 6.81. The summed E-state index contributed by atoms with van der Waals surface area (Å²) in [6, 6.07) is 13.8. The average molecular weight is 539 g/mol. The Hall–Kier alpha value is -4.51. The number of aromatic nitrogens is 6. The summed E-state index contributed by atoms with van der Waals surface area (Å²) in [5.74, 6) is 1.49. The number of nitrogens with one attached hydrogen (secondary N) is 2. The van der Waals surface area contributed by atoms with Crippen LogP contribution in [-0.4, -0.2) is 61.4 Å². The molecule has 0 radical (unpaired) electrons. The van der Waals surface area contributed by atoms with Gasteiger partial charge in [-0.25, -0.2) is 4.68 Å². The van der Waals surface area contributed by atoms with Gasteiger partial charge >= 0.3 is 0 Å². The summed E-state index contributed by atoms with van der Waals surface area (Å²) >= 11 is 0. The van der Waals surface area contributed by atoms with Gasteiger partial charge in [0.25, 0.3) is 5.91 Å². The fourth-order valence-electron chi connectivity index (χ4n) is 5.14. The third-order valence-electron chi connectivity index (χ3n) is 7.50. The Morgan fingerprint density at radius 1 is 1.12 bits per heavy atom. The van der Waals surface area contributed by atoms with Crippen LogP contribution in [0.5, 0.6) is 0 Å². The molecule has 206 valence electrons. The van der Waals surface area contributed by atoms with Gasteiger partial charge in [-0.05, 0) is 48.6 Å². The minimum Gasteiger partial charge on any atom is -0.355 e. The molecule has 3 aromatic heterocycles. The molecule has 40 heavy (non-hydrogen) atoms. The summed E-state index contributed by atoms with van der Waals surface area (Å²) in [6.45, 7) is 6.46. The van der Waals surface area contributed by atoms with Crippen LogP contribution in [-0.2, 0) is 6.54 Å². The molecular formula is C29H34N10O. The summed E-state index contributed by atoms with van der Waals surface area (Å²) in [4.78, 5) is 24.2. The molecule has 11 heteroatoms. The van der Waals surface area contributed by atoms with Gasteiger partial charge in [0.15, 0.2) is 5.65 Å². The second-order valence-corrected chi connectivity index (χ2v) is 10.6. The molecule has 0 unspecified atom stereocenters. The van der Waals surface area contributed by atoms with E-state index in [1.807, 2.05) is 47.4 Å². The molecule has 6 rings (SSSR count). The second kappa shape index (κ2) is 10.6. The molecule has 11 nitrogen and oxygen atoms in total. The fourth-order valence-corrected chi connectivity index (χ4v) is 5.14. The number of fused-ring (bicyclic) bond motifs is 2. The normalized spacial score (nSPS) is 14.4. The van der Waals surface area contributed by atoms with Gasteiger partial charge < -0.3 is 21.3 Å². The monoisotopic (exact) mass is 538 g/mol. The highest BCUT2D eigenvalue weighted by Crippen LogP contribution is 2.26. The average Bonchev–Trinajstić information content (AvgIpc) is 3.60. The third kappa shape index (κ3) is 4.84. The molecule has 4 heterocycles. The van der Waals surface area contributed by atoms with E-state index in [9.17, 15) is 4.79 Å². The Morgan fingerprint density at radius 2 is 1.93 bits per heavy atom. The van der Waals surface area contributed by atoms with Crippen molar-refractivity contribution >= 4 is 34.4 Å². The molecule has 1 fully saturated rings. The number of amides is 1. The number of nitrogens with two attached hydrogens (primary N) is 1. The van der Waals surface area contributed by atoms with Crippen molar-refractivity contribution in [3.63, 3.8) is 0 Å². The van der Waals surface area contributed by atoms with Gasteiger partial charge in [0.1, 0.15) is 0 Å². The summed E-state index contributed by atoms with van der Waals surface area (Å²) in [5, 5.41) is 16.5. The van der Waals surface area contributed by atoms with E-state index in [1.165, 1.54) is 0 Å². The van der Waals surface area contributed by atoms with Crippen molar-refractivity contribution in [2.24, 2.45) is 5.73 Å². The van der Waals surface area contributed by atoms with E-state index in [4.69, 9.17) is 20.8 Å². The van der Waals surface area contributed by atoms with Crippen LogP contribution in [0.3, 0.4) is 0 Å². The highest BCUT2D eigenvalue weighted by molar-refractivity contribution is 5.97. The first-order chi connectivity index (χ1) is 19.4. The second-order valence-electron chi connectivity index (χ2n) is 10.6. The van der Waals surface area contributed by atoms with Crippen LogP contribution in [0.1, 0.15) is 54.1 Å². The van der Waals surface area contributed by atoms with Gasteiger partial charge in [-0.1, -0.05) is 32.0 Å².